The van der Waals surface area contributed by atoms with Crippen LogP contribution in [0.1, 0.15) is 0 Å². The van der Waals surface area contributed by atoms with E-state index in [2.05, 4.69) is 15.2 Å². The number of pyridine rings is 1. The first-order valence-corrected chi connectivity index (χ1v) is 13.1. The van der Waals surface area contributed by atoms with E-state index in [0.717, 1.165) is 32.6 Å². The molecule has 3 aromatic rings. The van der Waals surface area contributed by atoms with Crippen LogP contribution >= 0.6 is 11.6 Å². The molecular formula is C28H33ClFN5O4. The Kier molecular flexibility index (Phi) is 9.58. The van der Waals surface area contributed by atoms with E-state index < -0.39 is 5.82 Å². The highest BCUT2D eigenvalue weighted by atomic mass is 35.5. The van der Waals surface area contributed by atoms with Crippen LogP contribution in [0.3, 0.4) is 0 Å². The molecule has 1 amide bonds. The van der Waals surface area contributed by atoms with E-state index in [9.17, 15) is 19.4 Å². The molecule has 208 valence electrons. The predicted molar refractivity (Wildman–Crippen MR) is 151 cm³/mol. The number of aromatic hydroxyl groups is 1. The number of aliphatic hydroxyl groups excluding tert-OH is 1. The molecule has 0 unspecified atom stereocenters. The van der Waals surface area contributed by atoms with Gasteiger partial charge in [-0.3, -0.25) is 4.79 Å². The summed E-state index contributed by atoms with van der Waals surface area (Å²) < 4.78 is 20.6. The molecule has 0 saturated carbocycles. The van der Waals surface area contributed by atoms with Crippen molar-refractivity contribution >= 4 is 29.4 Å². The van der Waals surface area contributed by atoms with Crippen LogP contribution in [-0.2, 0) is 4.79 Å². The Hall–Kier alpha value is -3.44. The van der Waals surface area contributed by atoms with Gasteiger partial charge in [0.25, 0.3) is 0 Å². The minimum Gasteiger partial charge on any atom is -0.507 e. The quantitative estimate of drug-likeness (QED) is 0.309. The van der Waals surface area contributed by atoms with E-state index in [0.29, 0.717) is 46.5 Å². The highest BCUT2D eigenvalue weighted by molar-refractivity contribution is 6.34. The van der Waals surface area contributed by atoms with Crippen LogP contribution in [0.15, 0.2) is 42.6 Å². The smallest absolute Gasteiger partial charge is 0.237 e. The summed E-state index contributed by atoms with van der Waals surface area (Å²) in [5.74, 6) is -0.304. The van der Waals surface area contributed by atoms with Gasteiger partial charge < -0.3 is 35.0 Å². The third-order valence-corrected chi connectivity index (χ3v) is 6.79. The molecule has 0 aliphatic carbocycles. The van der Waals surface area contributed by atoms with Gasteiger partial charge >= 0.3 is 0 Å². The molecule has 0 bridgehead atoms. The van der Waals surface area contributed by atoms with Crippen molar-refractivity contribution < 1.29 is 24.1 Å². The molecule has 0 radical (unpaired) electrons. The number of phenols is 1. The molecule has 2 heterocycles. The van der Waals surface area contributed by atoms with Gasteiger partial charge in [-0.1, -0.05) is 17.7 Å². The number of hydrogen-bond acceptors (Lipinski definition) is 8. The summed E-state index contributed by atoms with van der Waals surface area (Å²) in [6.07, 6.45) is 2.23. The minimum absolute atomic E-state index is 0.0915. The zero-order valence-electron chi connectivity index (χ0n) is 22.0. The predicted octanol–water partition coefficient (Wildman–Crippen LogP) is 3.22. The number of benzene rings is 2. The van der Waals surface area contributed by atoms with Crippen molar-refractivity contribution in [2.75, 3.05) is 76.4 Å². The Labute approximate surface area is 232 Å². The number of aromatic nitrogens is 1. The fraction of sp³-hybridized carbons (Fsp3) is 0.357. The molecule has 0 atom stereocenters. The molecule has 9 nitrogen and oxygen atoms in total. The molecule has 1 aromatic heterocycles. The number of nitrogens with one attached hydrogen (secondary N) is 1. The lowest BCUT2D eigenvalue weighted by Crippen LogP contribution is -2.43. The maximum Gasteiger partial charge on any atom is 0.237 e. The monoisotopic (exact) mass is 557 g/mol. The highest BCUT2D eigenvalue weighted by Crippen LogP contribution is 2.42. The molecule has 1 fully saturated rings. The fourth-order valence-electron chi connectivity index (χ4n) is 4.46. The van der Waals surface area contributed by atoms with Gasteiger partial charge in [0.1, 0.15) is 23.9 Å². The molecule has 1 saturated heterocycles. The van der Waals surface area contributed by atoms with Crippen LogP contribution in [0.25, 0.3) is 22.3 Å². The maximum atomic E-state index is 14.9. The van der Waals surface area contributed by atoms with Crippen molar-refractivity contribution in [3.8, 4) is 33.9 Å². The Morgan fingerprint density at radius 2 is 1.85 bits per heavy atom. The summed E-state index contributed by atoms with van der Waals surface area (Å²) in [5.41, 5.74) is 2.76. The van der Waals surface area contributed by atoms with Gasteiger partial charge in [0.15, 0.2) is 0 Å². The van der Waals surface area contributed by atoms with Crippen molar-refractivity contribution in [2.24, 2.45) is 0 Å². The highest BCUT2D eigenvalue weighted by Gasteiger charge is 2.21. The van der Waals surface area contributed by atoms with Crippen LogP contribution in [0.2, 0.25) is 5.02 Å². The number of ether oxygens (including phenoxy) is 1. The lowest BCUT2D eigenvalue weighted by Gasteiger charge is -2.30. The van der Waals surface area contributed by atoms with E-state index in [4.69, 9.17) is 16.3 Å². The molecule has 4 rings (SSSR count). The summed E-state index contributed by atoms with van der Waals surface area (Å²) in [6, 6.07) is 9.31. The van der Waals surface area contributed by atoms with Gasteiger partial charge in [-0.05, 0) is 50.0 Å². The number of aliphatic hydroxyl groups is 1. The van der Waals surface area contributed by atoms with E-state index in [1.54, 1.807) is 18.2 Å². The maximum absolute atomic E-state index is 14.9. The second kappa shape index (κ2) is 13.1. The lowest BCUT2D eigenvalue weighted by molar-refractivity contribution is -0.107. The van der Waals surface area contributed by atoms with Gasteiger partial charge in [0.2, 0.25) is 12.3 Å². The van der Waals surface area contributed by atoms with Gasteiger partial charge in [-0.15, -0.1) is 0 Å². The first kappa shape index (κ1) is 28.6. The molecule has 1 aliphatic heterocycles. The van der Waals surface area contributed by atoms with Gasteiger partial charge in [-0.25, -0.2) is 9.37 Å². The molecule has 2 aromatic carbocycles. The van der Waals surface area contributed by atoms with Gasteiger partial charge in [0.05, 0.1) is 17.3 Å². The van der Waals surface area contributed by atoms with Crippen LogP contribution in [0.5, 0.6) is 11.6 Å². The molecule has 39 heavy (non-hydrogen) atoms. The third-order valence-electron chi connectivity index (χ3n) is 6.49. The number of phenolic OH excluding ortho intramolecular Hbond substituents is 1. The summed E-state index contributed by atoms with van der Waals surface area (Å²) in [6.45, 7) is 4.05. The van der Waals surface area contributed by atoms with E-state index in [-0.39, 0.29) is 30.1 Å². The zero-order chi connectivity index (χ0) is 27.9. The summed E-state index contributed by atoms with van der Waals surface area (Å²) >= 11 is 6.54. The summed E-state index contributed by atoms with van der Waals surface area (Å²) in [5, 5.41) is 24.1. The summed E-state index contributed by atoms with van der Waals surface area (Å²) in [7, 11) is 3.83. The van der Waals surface area contributed by atoms with Crippen molar-refractivity contribution in [3.63, 3.8) is 0 Å². The fourth-order valence-corrected chi connectivity index (χ4v) is 4.75. The zero-order valence-corrected chi connectivity index (χ0v) is 22.8. The van der Waals surface area contributed by atoms with Crippen LogP contribution in [-0.4, -0.2) is 93.1 Å². The molecule has 0 spiro atoms. The number of anilines is 2. The number of amides is 1. The number of likely N-dealkylation sites (N-methyl/N-ethyl adjacent to an activating group) is 1. The van der Waals surface area contributed by atoms with Crippen molar-refractivity contribution in [3.05, 3.63) is 53.4 Å². The second-order valence-corrected chi connectivity index (χ2v) is 9.88. The van der Waals surface area contributed by atoms with E-state index in [1.165, 1.54) is 23.2 Å². The third kappa shape index (κ3) is 6.77. The van der Waals surface area contributed by atoms with Crippen molar-refractivity contribution in [1.29, 1.82) is 0 Å². The van der Waals surface area contributed by atoms with Gasteiger partial charge in [0, 0.05) is 62.2 Å². The van der Waals surface area contributed by atoms with Crippen LogP contribution < -0.4 is 19.9 Å². The average molecular weight is 558 g/mol. The second-order valence-electron chi connectivity index (χ2n) is 9.48. The SMILES string of the molecule is CN(C)CCN(C=O)c1ccc(-c2cc(F)cc(-c3cnc(OCCO)c(N4CCNCC4)c3)c2O)cc1Cl. The first-order valence-electron chi connectivity index (χ1n) is 12.7. The topological polar surface area (TPSA) is 101 Å². The Morgan fingerprint density at radius 1 is 1.13 bits per heavy atom. The van der Waals surface area contributed by atoms with Crippen LogP contribution in [0.4, 0.5) is 15.8 Å². The number of rotatable bonds is 11. The minimum atomic E-state index is -0.539. The summed E-state index contributed by atoms with van der Waals surface area (Å²) in [4.78, 5) is 21.7. The van der Waals surface area contributed by atoms with Gasteiger partial charge in [-0.2, -0.15) is 0 Å². The van der Waals surface area contributed by atoms with E-state index >= 15 is 0 Å². The molecular weight excluding hydrogens is 525 g/mol. The number of carbonyl (C=O) groups excluding carboxylic acids is 1. The normalized spacial score (nSPS) is 13.5. The molecule has 3 N–H and O–H groups in total. The Bertz CT molecular complexity index is 1300. The Morgan fingerprint density at radius 3 is 2.49 bits per heavy atom. The van der Waals surface area contributed by atoms with Crippen LogP contribution in [0, 0.1) is 5.82 Å². The number of piperazine rings is 1. The lowest BCUT2D eigenvalue weighted by atomic mass is 9.97. The number of halogens is 2. The Balaban J connectivity index is 1.72. The molecule has 1 aliphatic rings. The van der Waals surface area contributed by atoms with Crippen molar-refractivity contribution in [2.45, 2.75) is 0 Å². The number of hydrogen-bond donors (Lipinski definition) is 3. The molecule has 11 heteroatoms. The largest absolute Gasteiger partial charge is 0.507 e. The number of carbonyl (C=O) groups is 1. The van der Waals surface area contributed by atoms with Crippen molar-refractivity contribution in [1.82, 2.24) is 15.2 Å². The van der Waals surface area contributed by atoms with E-state index in [1.807, 2.05) is 25.1 Å². The standard InChI is InChI=1S/C28H33ClFN5O4/c1-33(2)9-10-35(18-37)25-4-3-19(13-24(25)29)22-15-21(30)16-23(27(22)38)20-14-26(34-7-5-31-6-8-34)28(32-17-20)39-12-11-36/h3-4,13-18,31,36,38H,5-12H2,1-2H3. The first-order chi connectivity index (χ1) is 18.8. The average Bonchev–Trinajstić information content (AvgIpc) is 2.94. The number of nitrogens with zero attached hydrogens (tertiary/aromatic N) is 4.